The van der Waals surface area contributed by atoms with Gasteiger partial charge in [0.25, 0.3) is 5.91 Å². The summed E-state index contributed by atoms with van der Waals surface area (Å²) in [6, 6.07) is 4.92. The largest absolute Gasteiger partial charge is 0.497 e. The normalized spacial score (nSPS) is 14.3. The van der Waals surface area contributed by atoms with Crippen LogP contribution in [0.4, 0.5) is 0 Å². The van der Waals surface area contributed by atoms with Crippen molar-refractivity contribution in [2.75, 3.05) is 34.0 Å². The molecule has 25 heavy (non-hydrogen) atoms. The van der Waals surface area contributed by atoms with Crippen molar-refractivity contribution in [2.45, 2.75) is 13.0 Å². The van der Waals surface area contributed by atoms with Gasteiger partial charge in [0.15, 0.2) is 6.61 Å². The molecule has 1 aromatic rings. The summed E-state index contributed by atoms with van der Waals surface area (Å²) < 4.78 is 25.4. The number of benzene rings is 1. The topological polar surface area (TPSA) is 92.3 Å². The predicted molar refractivity (Wildman–Crippen MR) is 87.0 cm³/mol. The van der Waals surface area contributed by atoms with Gasteiger partial charge in [-0.3, -0.25) is 4.79 Å². The summed E-state index contributed by atoms with van der Waals surface area (Å²) in [6.07, 6.45) is 1.17. The molecule has 0 aliphatic carbocycles. The third-order valence-electron chi connectivity index (χ3n) is 3.47. The monoisotopic (exact) mass is 351 g/mol. The van der Waals surface area contributed by atoms with Gasteiger partial charge in [0.2, 0.25) is 5.76 Å². The summed E-state index contributed by atoms with van der Waals surface area (Å²) in [4.78, 5) is 23.7. The second-order valence-corrected chi connectivity index (χ2v) is 5.17. The van der Waals surface area contributed by atoms with E-state index in [0.717, 1.165) is 5.56 Å². The molecule has 8 heteroatoms. The summed E-state index contributed by atoms with van der Waals surface area (Å²) >= 11 is 0. The Kier molecular flexibility index (Phi) is 6.50. The molecule has 1 aliphatic rings. The number of nitrogens with one attached hydrogen (secondary N) is 1. The highest BCUT2D eigenvalue weighted by Gasteiger charge is 2.20. The van der Waals surface area contributed by atoms with E-state index in [-0.39, 0.29) is 18.4 Å². The van der Waals surface area contributed by atoms with E-state index < -0.39 is 18.5 Å². The van der Waals surface area contributed by atoms with Gasteiger partial charge in [-0.1, -0.05) is 0 Å². The van der Waals surface area contributed by atoms with E-state index in [2.05, 4.69) is 5.32 Å². The number of esters is 1. The van der Waals surface area contributed by atoms with Crippen LogP contribution in [0.3, 0.4) is 0 Å². The molecule has 1 aliphatic heterocycles. The molecule has 0 saturated heterocycles. The van der Waals surface area contributed by atoms with E-state index in [1.165, 1.54) is 6.26 Å². The van der Waals surface area contributed by atoms with Crippen molar-refractivity contribution in [1.29, 1.82) is 0 Å². The van der Waals surface area contributed by atoms with Crippen LogP contribution >= 0.6 is 0 Å². The number of carbonyl (C=O) groups excluding carboxylic acids is 2. The van der Waals surface area contributed by atoms with Gasteiger partial charge in [-0.25, -0.2) is 4.79 Å². The minimum atomic E-state index is -0.749. The van der Waals surface area contributed by atoms with Gasteiger partial charge in [-0.2, -0.15) is 0 Å². The molecule has 0 unspecified atom stereocenters. The van der Waals surface area contributed by atoms with E-state index in [9.17, 15) is 9.59 Å². The van der Waals surface area contributed by atoms with E-state index in [1.54, 1.807) is 39.3 Å². The first-order valence-electron chi connectivity index (χ1n) is 7.68. The smallest absolute Gasteiger partial charge is 0.377 e. The summed E-state index contributed by atoms with van der Waals surface area (Å²) in [6.45, 7) is 1.99. The molecule has 0 spiro atoms. The minimum Gasteiger partial charge on any atom is -0.497 e. The van der Waals surface area contributed by atoms with Crippen LogP contribution in [0.15, 0.2) is 30.2 Å². The number of amides is 1. The molecule has 1 heterocycles. The number of methoxy groups -OCH3 is 2. The first-order chi connectivity index (χ1) is 12.0. The zero-order chi connectivity index (χ0) is 18.2. The fraction of sp³-hybridized carbons (Fsp3) is 0.412. The van der Waals surface area contributed by atoms with Crippen LogP contribution in [-0.4, -0.2) is 45.9 Å². The van der Waals surface area contributed by atoms with Gasteiger partial charge < -0.3 is 29.0 Å². The van der Waals surface area contributed by atoms with Gasteiger partial charge in [0.1, 0.15) is 31.0 Å². The second kappa shape index (κ2) is 8.81. The van der Waals surface area contributed by atoms with Gasteiger partial charge in [0, 0.05) is 5.56 Å². The van der Waals surface area contributed by atoms with E-state index >= 15 is 0 Å². The Balaban J connectivity index is 1.91. The summed E-state index contributed by atoms with van der Waals surface area (Å²) in [7, 11) is 3.10. The molecule has 136 valence electrons. The van der Waals surface area contributed by atoms with Crippen LogP contribution < -0.4 is 14.8 Å². The zero-order valence-corrected chi connectivity index (χ0v) is 14.4. The lowest BCUT2D eigenvalue weighted by atomic mass is 10.1. The standard InChI is InChI=1S/C17H21NO7/c1-11(13-8-12(21-2)4-5-14(13)22-3)18-16(19)10-25-17(20)15-9-23-6-7-24-15/h4-5,8-9,11H,6-7,10H2,1-3H3,(H,18,19)/t11-/m1/s1. The number of carbonyl (C=O) groups is 2. The van der Waals surface area contributed by atoms with E-state index in [4.69, 9.17) is 23.7 Å². The van der Waals surface area contributed by atoms with Crippen LogP contribution in [0.5, 0.6) is 11.5 Å². The Morgan fingerprint density at radius 2 is 2.04 bits per heavy atom. The van der Waals surface area contributed by atoms with Crippen molar-refractivity contribution in [1.82, 2.24) is 5.32 Å². The molecule has 1 amide bonds. The van der Waals surface area contributed by atoms with Crippen molar-refractivity contribution >= 4 is 11.9 Å². The maximum absolute atomic E-state index is 12.0. The van der Waals surface area contributed by atoms with Gasteiger partial charge in [0.05, 0.1) is 20.3 Å². The van der Waals surface area contributed by atoms with Gasteiger partial charge in [-0.15, -0.1) is 0 Å². The number of rotatable bonds is 7. The molecule has 0 bridgehead atoms. The summed E-state index contributed by atoms with van der Waals surface area (Å²) in [5.74, 6) is -0.000654. The Morgan fingerprint density at radius 1 is 1.24 bits per heavy atom. The lowest BCUT2D eigenvalue weighted by molar-refractivity contribution is -0.149. The van der Waals surface area contributed by atoms with Gasteiger partial charge in [-0.05, 0) is 25.1 Å². The summed E-state index contributed by atoms with van der Waals surface area (Å²) in [5.41, 5.74) is 0.744. The summed E-state index contributed by atoms with van der Waals surface area (Å²) in [5, 5.41) is 2.74. The average molecular weight is 351 g/mol. The van der Waals surface area contributed by atoms with Crippen molar-refractivity contribution in [3.05, 3.63) is 35.8 Å². The Labute approximate surface area is 145 Å². The maximum Gasteiger partial charge on any atom is 0.377 e. The molecule has 0 aromatic heterocycles. The Bertz CT molecular complexity index is 656. The molecular formula is C17H21NO7. The van der Waals surface area contributed by atoms with Gasteiger partial charge >= 0.3 is 5.97 Å². The maximum atomic E-state index is 12.0. The lowest BCUT2D eigenvalue weighted by Gasteiger charge is -2.18. The molecule has 1 atom stereocenters. The molecule has 2 rings (SSSR count). The second-order valence-electron chi connectivity index (χ2n) is 5.17. The van der Waals surface area contributed by atoms with Crippen molar-refractivity contribution < 1.29 is 33.3 Å². The fourth-order valence-electron chi connectivity index (χ4n) is 2.22. The average Bonchev–Trinajstić information content (AvgIpc) is 2.66. The van der Waals surface area contributed by atoms with Crippen LogP contribution in [0.25, 0.3) is 0 Å². The quantitative estimate of drug-likeness (QED) is 0.741. The molecule has 1 aromatic carbocycles. The lowest BCUT2D eigenvalue weighted by Crippen LogP contribution is -2.32. The van der Waals surface area contributed by atoms with Crippen LogP contribution in [0.1, 0.15) is 18.5 Å². The SMILES string of the molecule is COc1ccc(OC)c([C@@H](C)NC(=O)COC(=O)C2=COCCO2)c1. The first kappa shape index (κ1) is 18.4. The molecule has 1 N–H and O–H groups in total. The van der Waals surface area contributed by atoms with E-state index in [0.29, 0.717) is 18.1 Å². The molecule has 0 radical (unpaired) electrons. The van der Waals surface area contributed by atoms with E-state index in [1.807, 2.05) is 0 Å². The van der Waals surface area contributed by atoms with Crippen LogP contribution in [-0.2, 0) is 23.8 Å². The first-order valence-corrected chi connectivity index (χ1v) is 7.68. The number of hydrogen-bond acceptors (Lipinski definition) is 7. The minimum absolute atomic E-state index is 0.0541. The molecule has 8 nitrogen and oxygen atoms in total. The Hall–Kier alpha value is -2.90. The van der Waals surface area contributed by atoms with Crippen LogP contribution in [0, 0.1) is 0 Å². The number of hydrogen-bond donors (Lipinski definition) is 1. The van der Waals surface area contributed by atoms with Crippen molar-refractivity contribution in [3.8, 4) is 11.5 Å². The fourth-order valence-corrected chi connectivity index (χ4v) is 2.22. The highest BCUT2D eigenvalue weighted by atomic mass is 16.6. The highest BCUT2D eigenvalue weighted by molar-refractivity contribution is 5.88. The Morgan fingerprint density at radius 3 is 2.68 bits per heavy atom. The predicted octanol–water partition coefficient (Wildman–Crippen LogP) is 1.31. The molecule has 0 fully saturated rings. The highest BCUT2D eigenvalue weighted by Crippen LogP contribution is 2.29. The van der Waals surface area contributed by atoms with Crippen molar-refractivity contribution in [2.24, 2.45) is 0 Å². The van der Waals surface area contributed by atoms with Crippen LogP contribution in [0.2, 0.25) is 0 Å². The van der Waals surface area contributed by atoms with Crippen molar-refractivity contribution in [3.63, 3.8) is 0 Å². The number of ether oxygens (including phenoxy) is 5. The molecule has 0 saturated carbocycles. The third-order valence-corrected chi connectivity index (χ3v) is 3.47. The molecular weight excluding hydrogens is 330 g/mol. The zero-order valence-electron chi connectivity index (χ0n) is 14.4. The third kappa shape index (κ3) is 5.03.